The van der Waals surface area contributed by atoms with Crippen LogP contribution in [0.15, 0.2) is 18.3 Å². The van der Waals surface area contributed by atoms with Crippen molar-refractivity contribution in [2.45, 2.75) is 26.9 Å². The Morgan fingerprint density at radius 3 is 2.76 bits per heavy atom. The van der Waals surface area contributed by atoms with E-state index in [4.69, 9.17) is 12.2 Å². The van der Waals surface area contributed by atoms with Crippen molar-refractivity contribution in [3.8, 4) is 0 Å². The van der Waals surface area contributed by atoms with Crippen molar-refractivity contribution < 1.29 is 9.90 Å². The van der Waals surface area contributed by atoms with Crippen LogP contribution in [0.25, 0.3) is 0 Å². The van der Waals surface area contributed by atoms with Crippen LogP contribution in [0.2, 0.25) is 0 Å². The summed E-state index contributed by atoms with van der Waals surface area (Å²) in [7, 11) is 0. The maximum Gasteiger partial charge on any atom is 0.254 e. The van der Waals surface area contributed by atoms with Crippen molar-refractivity contribution in [2.24, 2.45) is 5.41 Å². The second-order valence-electron chi connectivity index (χ2n) is 5.00. The van der Waals surface area contributed by atoms with E-state index in [2.05, 4.69) is 10.3 Å². The van der Waals surface area contributed by atoms with E-state index in [9.17, 15) is 9.90 Å². The van der Waals surface area contributed by atoms with E-state index in [0.717, 1.165) is 0 Å². The highest BCUT2D eigenvalue weighted by atomic mass is 32.1. The Morgan fingerprint density at radius 2 is 2.24 bits per heavy atom. The van der Waals surface area contributed by atoms with E-state index in [-0.39, 0.29) is 17.9 Å². The molecule has 0 aliphatic heterocycles. The highest BCUT2D eigenvalue weighted by Crippen LogP contribution is 2.18. The summed E-state index contributed by atoms with van der Waals surface area (Å²) < 4.78 is 0.398. The van der Waals surface area contributed by atoms with Gasteiger partial charge in [0.1, 0.15) is 4.64 Å². The summed E-state index contributed by atoms with van der Waals surface area (Å²) in [6.07, 6.45) is 1.08. The van der Waals surface area contributed by atoms with Gasteiger partial charge < -0.3 is 15.4 Å². The highest BCUT2D eigenvalue weighted by Gasteiger charge is 2.22. The number of aromatic nitrogens is 1. The molecule has 1 unspecified atom stereocenters. The SMILES string of the molecule is CC(C)(C)C(O)CNC(=O)c1ccc[nH]c1=S. The van der Waals surface area contributed by atoms with Crippen molar-refractivity contribution >= 4 is 18.1 Å². The van der Waals surface area contributed by atoms with Crippen LogP contribution in [0.4, 0.5) is 0 Å². The van der Waals surface area contributed by atoms with Crippen molar-refractivity contribution in [3.63, 3.8) is 0 Å². The summed E-state index contributed by atoms with van der Waals surface area (Å²) in [6, 6.07) is 3.36. The number of nitrogens with one attached hydrogen (secondary N) is 2. The van der Waals surface area contributed by atoms with E-state index in [1.807, 2.05) is 20.8 Å². The molecule has 1 heterocycles. The van der Waals surface area contributed by atoms with Gasteiger partial charge >= 0.3 is 0 Å². The van der Waals surface area contributed by atoms with E-state index in [1.54, 1.807) is 18.3 Å². The largest absolute Gasteiger partial charge is 0.391 e. The molecule has 1 aromatic heterocycles. The van der Waals surface area contributed by atoms with Gasteiger partial charge in [-0.05, 0) is 17.5 Å². The molecule has 0 radical (unpaired) electrons. The van der Waals surface area contributed by atoms with Crippen LogP contribution < -0.4 is 5.32 Å². The van der Waals surface area contributed by atoms with Crippen LogP contribution in [0.1, 0.15) is 31.1 Å². The van der Waals surface area contributed by atoms with Crippen LogP contribution in [-0.4, -0.2) is 28.6 Å². The topological polar surface area (TPSA) is 65.1 Å². The van der Waals surface area contributed by atoms with Crippen molar-refractivity contribution in [3.05, 3.63) is 28.5 Å². The fourth-order valence-electron chi connectivity index (χ4n) is 1.19. The molecule has 17 heavy (non-hydrogen) atoms. The predicted octanol–water partition coefficient (Wildman–Crippen LogP) is 1.88. The normalized spacial score (nSPS) is 13.2. The molecule has 0 saturated carbocycles. The van der Waals surface area contributed by atoms with Gasteiger partial charge in [-0.25, -0.2) is 0 Å². The summed E-state index contributed by atoms with van der Waals surface area (Å²) in [5, 5.41) is 12.5. The molecule has 0 spiro atoms. The Kier molecular flexibility index (Phi) is 4.42. The molecule has 0 aromatic carbocycles. The summed E-state index contributed by atoms with van der Waals surface area (Å²) in [5.74, 6) is -0.268. The molecule has 1 atom stereocenters. The van der Waals surface area contributed by atoms with Gasteiger partial charge in [0.05, 0.1) is 11.7 Å². The molecular formula is C12H18N2O2S. The number of aliphatic hydroxyl groups is 1. The van der Waals surface area contributed by atoms with Gasteiger partial charge in [0, 0.05) is 12.7 Å². The number of amides is 1. The zero-order chi connectivity index (χ0) is 13.1. The number of pyridine rings is 1. The first kappa shape index (κ1) is 13.9. The lowest BCUT2D eigenvalue weighted by Crippen LogP contribution is -2.39. The second-order valence-corrected chi connectivity index (χ2v) is 5.41. The number of hydrogen-bond donors (Lipinski definition) is 3. The second kappa shape index (κ2) is 5.42. The lowest BCUT2D eigenvalue weighted by Gasteiger charge is -2.25. The number of H-pyrrole nitrogens is 1. The standard InChI is InChI=1S/C12H18N2O2S/c1-12(2,3)9(15)7-14-10(16)8-5-4-6-13-11(8)17/h4-6,9,15H,7H2,1-3H3,(H,13,17)(H,14,16). The third-order valence-corrected chi connectivity index (χ3v) is 2.86. The molecule has 0 bridgehead atoms. The Morgan fingerprint density at radius 1 is 1.59 bits per heavy atom. The molecule has 0 aliphatic rings. The van der Waals surface area contributed by atoms with E-state index < -0.39 is 6.10 Å². The fraction of sp³-hybridized carbons (Fsp3) is 0.500. The van der Waals surface area contributed by atoms with Crippen LogP contribution in [0, 0.1) is 10.1 Å². The average molecular weight is 254 g/mol. The van der Waals surface area contributed by atoms with Crippen molar-refractivity contribution in [2.75, 3.05) is 6.54 Å². The van der Waals surface area contributed by atoms with E-state index >= 15 is 0 Å². The van der Waals surface area contributed by atoms with Gasteiger partial charge in [0.25, 0.3) is 5.91 Å². The lowest BCUT2D eigenvalue weighted by molar-refractivity contribution is 0.0586. The van der Waals surface area contributed by atoms with E-state index in [1.165, 1.54) is 0 Å². The molecule has 0 fully saturated rings. The van der Waals surface area contributed by atoms with Crippen LogP contribution in [0.3, 0.4) is 0 Å². The summed E-state index contributed by atoms with van der Waals surface area (Å²) in [6.45, 7) is 5.96. The Bertz CT molecular complexity index is 448. The Balaban J connectivity index is 2.63. The minimum Gasteiger partial charge on any atom is -0.391 e. The number of aromatic amines is 1. The van der Waals surface area contributed by atoms with Gasteiger partial charge in [0.15, 0.2) is 0 Å². The molecule has 3 N–H and O–H groups in total. The summed E-state index contributed by atoms with van der Waals surface area (Å²) in [5.41, 5.74) is 0.163. The fourth-order valence-corrected chi connectivity index (χ4v) is 1.42. The molecule has 0 saturated heterocycles. The predicted molar refractivity (Wildman–Crippen MR) is 69.4 cm³/mol. The summed E-state index contributed by atoms with van der Waals surface area (Å²) >= 11 is 5.00. The van der Waals surface area contributed by atoms with Crippen LogP contribution >= 0.6 is 12.2 Å². The Labute approximate surface area is 106 Å². The molecule has 0 aliphatic carbocycles. The number of rotatable bonds is 3. The molecule has 4 nitrogen and oxygen atoms in total. The number of carbonyl (C=O) groups is 1. The smallest absolute Gasteiger partial charge is 0.254 e. The molecule has 1 amide bonds. The number of carbonyl (C=O) groups excluding carboxylic acids is 1. The van der Waals surface area contributed by atoms with Crippen molar-refractivity contribution in [1.82, 2.24) is 10.3 Å². The maximum atomic E-state index is 11.8. The minimum absolute atomic E-state index is 0.214. The summed E-state index contributed by atoms with van der Waals surface area (Å²) in [4.78, 5) is 14.6. The first-order chi connectivity index (χ1) is 7.82. The quantitative estimate of drug-likeness (QED) is 0.722. The zero-order valence-corrected chi connectivity index (χ0v) is 11.1. The number of hydrogen-bond acceptors (Lipinski definition) is 3. The van der Waals surface area contributed by atoms with Crippen LogP contribution in [0.5, 0.6) is 0 Å². The molecule has 94 valence electrons. The molecule has 5 heteroatoms. The van der Waals surface area contributed by atoms with Gasteiger partial charge in [-0.2, -0.15) is 0 Å². The minimum atomic E-state index is -0.590. The maximum absolute atomic E-state index is 11.8. The van der Waals surface area contributed by atoms with Crippen LogP contribution in [-0.2, 0) is 0 Å². The van der Waals surface area contributed by atoms with Gasteiger partial charge in [-0.15, -0.1) is 0 Å². The zero-order valence-electron chi connectivity index (χ0n) is 10.3. The average Bonchev–Trinajstić information content (AvgIpc) is 2.24. The van der Waals surface area contributed by atoms with Gasteiger partial charge in [0.2, 0.25) is 0 Å². The van der Waals surface area contributed by atoms with Gasteiger partial charge in [-0.1, -0.05) is 33.0 Å². The van der Waals surface area contributed by atoms with Gasteiger partial charge in [-0.3, -0.25) is 4.79 Å². The number of aliphatic hydroxyl groups excluding tert-OH is 1. The molecular weight excluding hydrogens is 236 g/mol. The first-order valence-electron chi connectivity index (χ1n) is 5.46. The third kappa shape index (κ3) is 3.94. The first-order valence-corrected chi connectivity index (χ1v) is 5.87. The Hall–Kier alpha value is -1.20. The lowest BCUT2D eigenvalue weighted by atomic mass is 9.89. The third-order valence-electron chi connectivity index (χ3n) is 2.52. The monoisotopic (exact) mass is 254 g/mol. The van der Waals surface area contributed by atoms with Crippen molar-refractivity contribution in [1.29, 1.82) is 0 Å². The van der Waals surface area contributed by atoms with E-state index in [0.29, 0.717) is 10.2 Å². The molecule has 1 rings (SSSR count). The molecule has 1 aromatic rings. The highest BCUT2D eigenvalue weighted by molar-refractivity contribution is 7.71.